The minimum absolute atomic E-state index is 0.594. The molecule has 2 rings (SSSR count). The molecule has 2 saturated carbocycles. The summed E-state index contributed by atoms with van der Waals surface area (Å²) < 4.78 is 0. The minimum atomic E-state index is 0.594. The van der Waals surface area contributed by atoms with E-state index < -0.39 is 0 Å². The summed E-state index contributed by atoms with van der Waals surface area (Å²) in [6.45, 7) is 8.57. The van der Waals surface area contributed by atoms with Crippen molar-refractivity contribution in [1.82, 2.24) is 5.32 Å². The first-order valence-corrected chi connectivity index (χ1v) is 7.37. The summed E-state index contributed by atoms with van der Waals surface area (Å²) in [6, 6.07) is 0.875. The highest BCUT2D eigenvalue weighted by Crippen LogP contribution is 2.49. The van der Waals surface area contributed by atoms with E-state index in [1.807, 2.05) is 0 Å². The SMILES string of the molecule is CCCC(C)CC(C)(CNC1CC1)C1CC1. The highest BCUT2D eigenvalue weighted by Gasteiger charge is 2.42. The third-order valence-corrected chi connectivity index (χ3v) is 4.53. The standard InChI is InChI=1S/C15H29N/c1-4-5-12(2)10-15(3,13-6-7-13)11-16-14-8-9-14/h12-14,16H,4-11H2,1-3H3. The van der Waals surface area contributed by atoms with Gasteiger partial charge in [-0.3, -0.25) is 0 Å². The van der Waals surface area contributed by atoms with E-state index in [-0.39, 0.29) is 0 Å². The molecule has 2 fully saturated rings. The zero-order chi connectivity index (χ0) is 11.6. The average Bonchev–Trinajstić information content (AvgIpc) is 3.06. The molecule has 0 heterocycles. The van der Waals surface area contributed by atoms with Gasteiger partial charge in [-0.15, -0.1) is 0 Å². The molecular weight excluding hydrogens is 194 g/mol. The van der Waals surface area contributed by atoms with E-state index in [0.717, 1.165) is 17.9 Å². The van der Waals surface area contributed by atoms with Gasteiger partial charge in [-0.1, -0.05) is 33.6 Å². The van der Waals surface area contributed by atoms with Crippen molar-refractivity contribution in [2.24, 2.45) is 17.3 Å². The molecule has 1 heteroatoms. The van der Waals surface area contributed by atoms with Gasteiger partial charge < -0.3 is 5.32 Å². The molecule has 0 aliphatic heterocycles. The number of hydrogen-bond donors (Lipinski definition) is 1. The van der Waals surface area contributed by atoms with Gasteiger partial charge in [0.25, 0.3) is 0 Å². The predicted octanol–water partition coefficient (Wildman–Crippen LogP) is 3.98. The number of nitrogens with one attached hydrogen (secondary N) is 1. The van der Waals surface area contributed by atoms with Crippen LogP contribution in [0.3, 0.4) is 0 Å². The zero-order valence-electron chi connectivity index (χ0n) is 11.4. The first-order chi connectivity index (χ1) is 7.64. The fourth-order valence-electron chi connectivity index (χ4n) is 3.22. The van der Waals surface area contributed by atoms with Crippen molar-refractivity contribution in [2.45, 2.75) is 71.8 Å². The van der Waals surface area contributed by atoms with Crippen molar-refractivity contribution >= 4 is 0 Å². The molecule has 0 aromatic rings. The fraction of sp³-hybridized carbons (Fsp3) is 1.00. The molecule has 2 atom stereocenters. The summed E-state index contributed by atoms with van der Waals surface area (Å²) in [5, 5.41) is 3.77. The second-order valence-electron chi connectivity index (χ2n) is 6.68. The van der Waals surface area contributed by atoms with Crippen LogP contribution >= 0.6 is 0 Å². The van der Waals surface area contributed by atoms with E-state index >= 15 is 0 Å². The number of hydrogen-bond acceptors (Lipinski definition) is 1. The van der Waals surface area contributed by atoms with Crippen molar-refractivity contribution < 1.29 is 0 Å². The van der Waals surface area contributed by atoms with E-state index in [4.69, 9.17) is 0 Å². The Morgan fingerprint density at radius 2 is 1.94 bits per heavy atom. The molecule has 0 spiro atoms. The number of rotatable bonds is 8. The van der Waals surface area contributed by atoms with E-state index in [9.17, 15) is 0 Å². The molecule has 0 aromatic carbocycles. The molecule has 2 unspecified atom stereocenters. The van der Waals surface area contributed by atoms with Crippen molar-refractivity contribution in [2.75, 3.05) is 6.54 Å². The lowest BCUT2D eigenvalue weighted by Crippen LogP contribution is -2.36. The summed E-state index contributed by atoms with van der Waals surface area (Å²) in [7, 11) is 0. The van der Waals surface area contributed by atoms with Crippen molar-refractivity contribution in [3.63, 3.8) is 0 Å². The molecule has 0 aromatic heterocycles. The maximum atomic E-state index is 3.77. The molecule has 0 bridgehead atoms. The van der Waals surface area contributed by atoms with Crippen LogP contribution in [0.25, 0.3) is 0 Å². The van der Waals surface area contributed by atoms with Crippen LogP contribution in [-0.4, -0.2) is 12.6 Å². The minimum Gasteiger partial charge on any atom is -0.313 e. The maximum Gasteiger partial charge on any atom is 0.00684 e. The van der Waals surface area contributed by atoms with Gasteiger partial charge in [0.2, 0.25) is 0 Å². The van der Waals surface area contributed by atoms with Crippen LogP contribution in [0.1, 0.15) is 65.7 Å². The Bertz CT molecular complexity index is 217. The summed E-state index contributed by atoms with van der Waals surface area (Å²) in [6.07, 6.45) is 10.0. The van der Waals surface area contributed by atoms with Crippen LogP contribution in [0.5, 0.6) is 0 Å². The van der Waals surface area contributed by atoms with Gasteiger partial charge in [0.15, 0.2) is 0 Å². The molecule has 0 saturated heterocycles. The Kier molecular flexibility index (Phi) is 3.94. The third kappa shape index (κ3) is 3.48. The van der Waals surface area contributed by atoms with E-state index in [0.29, 0.717) is 5.41 Å². The molecule has 0 radical (unpaired) electrons. The van der Waals surface area contributed by atoms with Crippen LogP contribution in [-0.2, 0) is 0 Å². The van der Waals surface area contributed by atoms with Gasteiger partial charge in [0.05, 0.1) is 0 Å². The van der Waals surface area contributed by atoms with E-state index in [1.54, 1.807) is 0 Å². The molecule has 2 aliphatic carbocycles. The van der Waals surface area contributed by atoms with Gasteiger partial charge in [-0.05, 0) is 49.4 Å². The van der Waals surface area contributed by atoms with Gasteiger partial charge in [0, 0.05) is 12.6 Å². The third-order valence-electron chi connectivity index (χ3n) is 4.53. The smallest absolute Gasteiger partial charge is 0.00684 e. The van der Waals surface area contributed by atoms with E-state index in [1.165, 1.54) is 51.5 Å². The largest absolute Gasteiger partial charge is 0.313 e. The molecular formula is C15H29N. The molecule has 94 valence electrons. The summed E-state index contributed by atoms with van der Waals surface area (Å²) in [5.41, 5.74) is 0.594. The van der Waals surface area contributed by atoms with Gasteiger partial charge in [0.1, 0.15) is 0 Å². The van der Waals surface area contributed by atoms with Crippen LogP contribution in [0.4, 0.5) is 0 Å². The van der Waals surface area contributed by atoms with Crippen molar-refractivity contribution in [3.05, 3.63) is 0 Å². The van der Waals surface area contributed by atoms with Crippen LogP contribution < -0.4 is 5.32 Å². The molecule has 1 N–H and O–H groups in total. The molecule has 2 aliphatic rings. The zero-order valence-corrected chi connectivity index (χ0v) is 11.4. The summed E-state index contributed by atoms with van der Waals surface area (Å²) in [4.78, 5) is 0. The molecule has 16 heavy (non-hydrogen) atoms. The van der Waals surface area contributed by atoms with Gasteiger partial charge in [-0.2, -0.15) is 0 Å². The highest BCUT2D eigenvalue weighted by atomic mass is 15.0. The lowest BCUT2D eigenvalue weighted by Gasteiger charge is -2.33. The van der Waals surface area contributed by atoms with Gasteiger partial charge >= 0.3 is 0 Å². The maximum absolute atomic E-state index is 3.77. The van der Waals surface area contributed by atoms with Gasteiger partial charge in [-0.25, -0.2) is 0 Å². The Balaban J connectivity index is 1.80. The lowest BCUT2D eigenvalue weighted by atomic mass is 9.76. The Morgan fingerprint density at radius 3 is 2.44 bits per heavy atom. The molecule has 1 nitrogen and oxygen atoms in total. The summed E-state index contributed by atoms with van der Waals surface area (Å²) >= 11 is 0. The van der Waals surface area contributed by atoms with E-state index in [2.05, 4.69) is 26.1 Å². The fourth-order valence-corrected chi connectivity index (χ4v) is 3.22. The Morgan fingerprint density at radius 1 is 1.25 bits per heavy atom. The Labute approximate surface area is 101 Å². The highest BCUT2D eigenvalue weighted by molar-refractivity contribution is 4.95. The lowest BCUT2D eigenvalue weighted by molar-refractivity contribution is 0.194. The first-order valence-electron chi connectivity index (χ1n) is 7.37. The van der Waals surface area contributed by atoms with Crippen LogP contribution in [0, 0.1) is 17.3 Å². The first kappa shape index (κ1) is 12.4. The average molecular weight is 223 g/mol. The van der Waals surface area contributed by atoms with Crippen LogP contribution in [0.15, 0.2) is 0 Å². The second kappa shape index (κ2) is 5.08. The quantitative estimate of drug-likeness (QED) is 0.656. The predicted molar refractivity (Wildman–Crippen MR) is 70.5 cm³/mol. The van der Waals surface area contributed by atoms with Crippen molar-refractivity contribution in [3.8, 4) is 0 Å². The normalized spacial score (nSPS) is 26.4. The Hall–Kier alpha value is -0.0400. The van der Waals surface area contributed by atoms with Crippen molar-refractivity contribution in [1.29, 1.82) is 0 Å². The molecule has 0 amide bonds. The summed E-state index contributed by atoms with van der Waals surface area (Å²) in [5.74, 6) is 1.94. The second-order valence-corrected chi connectivity index (χ2v) is 6.68. The van der Waals surface area contributed by atoms with Crippen LogP contribution in [0.2, 0.25) is 0 Å². The monoisotopic (exact) mass is 223 g/mol. The topological polar surface area (TPSA) is 12.0 Å².